The minimum atomic E-state index is -0.403. The Bertz CT molecular complexity index is 605. The van der Waals surface area contributed by atoms with Gasteiger partial charge in [0, 0.05) is 7.05 Å². The molecule has 1 aliphatic carbocycles. The van der Waals surface area contributed by atoms with Crippen molar-refractivity contribution in [3.63, 3.8) is 0 Å². The molecule has 0 saturated heterocycles. The molecule has 1 amide bonds. The van der Waals surface area contributed by atoms with Crippen molar-refractivity contribution in [3.8, 4) is 5.75 Å². The van der Waals surface area contributed by atoms with Gasteiger partial charge in [0.05, 0.1) is 24.6 Å². The molecule has 1 heterocycles. The monoisotopic (exact) mass is 317 g/mol. The zero-order valence-electron chi connectivity index (χ0n) is 13.7. The standard InChI is InChI=1S/C18H23NO4/c1-3-22-17(21)13-8-10-18(11-9-13)12-19(2)16(20)14-6-4-5-7-15(14)23-18/h4-7,13H,3,8-12H2,1-2H3. The molecule has 1 fully saturated rings. The number of fused-ring (bicyclic) bond motifs is 1. The van der Waals surface area contributed by atoms with Gasteiger partial charge in [0.2, 0.25) is 0 Å². The van der Waals surface area contributed by atoms with Crippen LogP contribution in [-0.4, -0.2) is 42.6 Å². The average molecular weight is 317 g/mol. The predicted octanol–water partition coefficient (Wildman–Crippen LogP) is 2.64. The second-order valence-electron chi connectivity index (χ2n) is 6.47. The first kappa shape index (κ1) is 15.8. The van der Waals surface area contributed by atoms with E-state index in [0.717, 1.165) is 25.7 Å². The van der Waals surface area contributed by atoms with Gasteiger partial charge in [-0.3, -0.25) is 9.59 Å². The predicted molar refractivity (Wildman–Crippen MR) is 85.4 cm³/mol. The van der Waals surface area contributed by atoms with Crippen molar-refractivity contribution >= 4 is 11.9 Å². The number of esters is 1. The Kier molecular flexibility index (Phi) is 4.28. The van der Waals surface area contributed by atoms with Crippen LogP contribution in [0.4, 0.5) is 0 Å². The quantitative estimate of drug-likeness (QED) is 0.787. The van der Waals surface area contributed by atoms with E-state index in [1.807, 2.05) is 32.2 Å². The third-order valence-electron chi connectivity index (χ3n) is 4.83. The van der Waals surface area contributed by atoms with Gasteiger partial charge in [-0.05, 0) is 44.7 Å². The smallest absolute Gasteiger partial charge is 0.308 e. The van der Waals surface area contributed by atoms with Crippen molar-refractivity contribution in [1.82, 2.24) is 4.90 Å². The fraction of sp³-hybridized carbons (Fsp3) is 0.556. The lowest BCUT2D eigenvalue weighted by Crippen LogP contribution is -2.49. The molecule has 124 valence electrons. The van der Waals surface area contributed by atoms with E-state index in [1.165, 1.54) is 0 Å². The molecule has 1 saturated carbocycles. The van der Waals surface area contributed by atoms with E-state index in [9.17, 15) is 9.59 Å². The van der Waals surface area contributed by atoms with Crippen LogP contribution in [-0.2, 0) is 9.53 Å². The van der Waals surface area contributed by atoms with Gasteiger partial charge < -0.3 is 14.4 Å². The summed E-state index contributed by atoms with van der Waals surface area (Å²) in [6, 6.07) is 7.39. The Morgan fingerprint density at radius 2 is 2.04 bits per heavy atom. The SMILES string of the molecule is CCOC(=O)C1CCC2(CC1)CN(C)C(=O)c1ccccc1O2. The van der Waals surface area contributed by atoms with Crippen molar-refractivity contribution in [1.29, 1.82) is 0 Å². The molecule has 23 heavy (non-hydrogen) atoms. The van der Waals surface area contributed by atoms with E-state index < -0.39 is 5.60 Å². The molecule has 0 aromatic heterocycles. The van der Waals surface area contributed by atoms with Gasteiger partial charge in [0.15, 0.2) is 0 Å². The molecule has 0 bridgehead atoms. The first-order chi connectivity index (χ1) is 11.0. The molecule has 1 aromatic carbocycles. The molecule has 1 aliphatic heterocycles. The maximum Gasteiger partial charge on any atom is 0.308 e. The Balaban J connectivity index is 1.79. The number of carbonyl (C=O) groups is 2. The minimum Gasteiger partial charge on any atom is -0.485 e. The summed E-state index contributed by atoms with van der Waals surface area (Å²) in [5.41, 5.74) is 0.208. The van der Waals surface area contributed by atoms with Crippen LogP contribution in [0.15, 0.2) is 24.3 Å². The van der Waals surface area contributed by atoms with Crippen LogP contribution in [0.25, 0.3) is 0 Å². The van der Waals surface area contributed by atoms with Crippen molar-refractivity contribution in [2.75, 3.05) is 20.2 Å². The zero-order valence-corrected chi connectivity index (χ0v) is 13.7. The second kappa shape index (κ2) is 6.22. The summed E-state index contributed by atoms with van der Waals surface area (Å²) in [6.45, 7) is 2.80. The molecule has 5 heteroatoms. The lowest BCUT2D eigenvalue weighted by atomic mass is 9.78. The topological polar surface area (TPSA) is 55.8 Å². The summed E-state index contributed by atoms with van der Waals surface area (Å²) in [6.07, 6.45) is 2.98. The summed E-state index contributed by atoms with van der Waals surface area (Å²) in [7, 11) is 1.81. The number of benzene rings is 1. The van der Waals surface area contributed by atoms with E-state index in [2.05, 4.69) is 0 Å². The first-order valence-electron chi connectivity index (χ1n) is 8.25. The van der Waals surface area contributed by atoms with Gasteiger partial charge in [0.1, 0.15) is 11.4 Å². The molecule has 0 N–H and O–H groups in total. The van der Waals surface area contributed by atoms with Crippen LogP contribution in [0.2, 0.25) is 0 Å². The van der Waals surface area contributed by atoms with Crippen molar-refractivity contribution in [2.24, 2.45) is 5.92 Å². The number of amides is 1. The van der Waals surface area contributed by atoms with Gasteiger partial charge in [-0.2, -0.15) is 0 Å². The highest BCUT2D eigenvalue weighted by atomic mass is 16.5. The molecule has 0 atom stereocenters. The summed E-state index contributed by atoms with van der Waals surface area (Å²) in [4.78, 5) is 26.1. The normalized spacial score (nSPS) is 27.1. The minimum absolute atomic E-state index is 0.00927. The lowest BCUT2D eigenvalue weighted by molar-refractivity contribution is -0.150. The van der Waals surface area contributed by atoms with Gasteiger partial charge in [-0.1, -0.05) is 12.1 Å². The first-order valence-corrected chi connectivity index (χ1v) is 8.25. The largest absolute Gasteiger partial charge is 0.485 e. The highest BCUT2D eigenvalue weighted by Gasteiger charge is 2.43. The number of hydrogen-bond acceptors (Lipinski definition) is 4. The molecular weight excluding hydrogens is 294 g/mol. The molecule has 5 nitrogen and oxygen atoms in total. The summed E-state index contributed by atoms with van der Waals surface area (Å²) in [5.74, 6) is 0.478. The molecule has 3 rings (SSSR count). The number of nitrogens with zero attached hydrogens (tertiary/aromatic N) is 1. The lowest BCUT2D eigenvalue weighted by Gasteiger charge is -2.40. The molecule has 2 aliphatic rings. The maximum atomic E-state index is 12.5. The Morgan fingerprint density at radius 3 is 2.74 bits per heavy atom. The highest BCUT2D eigenvalue weighted by Crippen LogP contribution is 2.40. The van der Waals surface area contributed by atoms with Gasteiger partial charge in [-0.15, -0.1) is 0 Å². The van der Waals surface area contributed by atoms with Crippen molar-refractivity contribution in [2.45, 2.75) is 38.2 Å². The van der Waals surface area contributed by atoms with Gasteiger partial charge in [-0.25, -0.2) is 0 Å². The Morgan fingerprint density at radius 1 is 1.35 bits per heavy atom. The van der Waals surface area contributed by atoms with Gasteiger partial charge >= 0.3 is 5.97 Å². The fourth-order valence-electron chi connectivity index (χ4n) is 3.61. The van der Waals surface area contributed by atoms with Crippen LogP contribution in [0.3, 0.4) is 0 Å². The molecule has 1 spiro atoms. The van der Waals surface area contributed by atoms with Crippen LogP contribution < -0.4 is 4.74 Å². The fourth-order valence-corrected chi connectivity index (χ4v) is 3.61. The van der Waals surface area contributed by atoms with Crippen LogP contribution in [0.1, 0.15) is 43.0 Å². The number of hydrogen-bond donors (Lipinski definition) is 0. The number of ether oxygens (including phenoxy) is 2. The third-order valence-corrected chi connectivity index (χ3v) is 4.83. The summed E-state index contributed by atoms with van der Waals surface area (Å²) < 4.78 is 11.4. The number of likely N-dealkylation sites (N-methyl/N-ethyl adjacent to an activating group) is 1. The molecule has 0 unspecified atom stereocenters. The molecule has 1 aromatic rings. The highest BCUT2D eigenvalue weighted by molar-refractivity contribution is 5.97. The molecule has 0 radical (unpaired) electrons. The van der Waals surface area contributed by atoms with E-state index in [4.69, 9.17) is 9.47 Å². The summed E-state index contributed by atoms with van der Waals surface area (Å²) >= 11 is 0. The van der Waals surface area contributed by atoms with Crippen LogP contribution in [0.5, 0.6) is 5.75 Å². The Labute approximate surface area is 136 Å². The van der Waals surface area contributed by atoms with E-state index in [1.54, 1.807) is 11.0 Å². The number of para-hydroxylation sites is 1. The van der Waals surface area contributed by atoms with Gasteiger partial charge in [0.25, 0.3) is 5.91 Å². The third kappa shape index (κ3) is 3.05. The van der Waals surface area contributed by atoms with E-state index in [-0.39, 0.29) is 17.8 Å². The van der Waals surface area contributed by atoms with Crippen molar-refractivity contribution in [3.05, 3.63) is 29.8 Å². The van der Waals surface area contributed by atoms with Crippen LogP contribution >= 0.6 is 0 Å². The molecular formula is C18H23NO4. The van der Waals surface area contributed by atoms with E-state index in [0.29, 0.717) is 24.5 Å². The van der Waals surface area contributed by atoms with E-state index >= 15 is 0 Å². The zero-order chi connectivity index (χ0) is 16.4. The van der Waals surface area contributed by atoms with Crippen LogP contribution in [0, 0.1) is 5.92 Å². The number of carbonyl (C=O) groups excluding carboxylic acids is 2. The maximum absolute atomic E-state index is 12.5. The van der Waals surface area contributed by atoms with Crippen molar-refractivity contribution < 1.29 is 19.1 Å². The summed E-state index contributed by atoms with van der Waals surface area (Å²) in [5, 5.41) is 0. The number of rotatable bonds is 2. The second-order valence-corrected chi connectivity index (χ2v) is 6.47. The Hall–Kier alpha value is -2.04. The average Bonchev–Trinajstić information content (AvgIpc) is 2.64.